The van der Waals surface area contributed by atoms with E-state index in [1.54, 1.807) is 0 Å². The number of hydrogen-bond donors (Lipinski definition) is 1. The molecule has 1 nitrogen and oxygen atoms in total. The molecular formula is C31H26NP. The zero-order chi connectivity index (χ0) is 22.0. The van der Waals surface area contributed by atoms with E-state index >= 15 is 0 Å². The van der Waals surface area contributed by atoms with E-state index in [1.165, 1.54) is 43.5 Å². The molecule has 0 saturated carbocycles. The largest absolute Gasteiger partial charge is 0.377 e. The fourth-order valence-corrected chi connectivity index (χ4v) is 7.53. The van der Waals surface area contributed by atoms with Crippen molar-refractivity contribution in [2.45, 2.75) is 18.9 Å². The molecule has 1 aliphatic rings. The third-order valence-corrected chi connectivity index (χ3v) is 9.10. The third-order valence-electron chi connectivity index (χ3n) is 6.62. The average Bonchev–Trinajstić information content (AvgIpc) is 2.90. The monoisotopic (exact) mass is 443 g/mol. The summed E-state index contributed by atoms with van der Waals surface area (Å²) in [5.74, 6) is 0. The normalized spacial score (nSPS) is 15.2. The molecule has 2 heteroatoms. The van der Waals surface area contributed by atoms with Crippen molar-refractivity contribution in [2.24, 2.45) is 0 Å². The quantitative estimate of drug-likeness (QED) is 0.305. The summed E-state index contributed by atoms with van der Waals surface area (Å²) in [6, 6.07) is 44.6. The highest BCUT2D eigenvalue weighted by molar-refractivity contribution is 7.80. The van der Waals surface area contributed by atoms with Crippen molar-refractivity contribution < 1.29 is 0 Å². The predicted octanol–water partition coefficient (Wildman–Crippen LogP) is 6.70. The Balaban J connectivity index is 1.47. The molecule has 1 heterocycles. The minimum absolute atomic E-state index is 0.313. The molecule has 0 radical (unpaired) electrons. The van der Waals surface area contributed by atoms with Crippen LogP contribution in [0.25, 0.3) is 10.8 Å². The van der Waals surface area contributed by atoms with Crippen molar-refractivity contribution in [1.29, 1.82) is 0 Å². The van der Waals surface area contributed by atoms with Crippen LogP contribution in [-0.2, 0) is 6.42 Å². The maximum absolute atomic E-state index is 4.01. The molecule has 0 amide bonds. The van der Waals surface area contributed by atoms with Gasteiger partial charge in [0.1, 0.15) is 0 Å². The van der Waals surface area contributed by atoms with Gasteiger partial charge < -0.3 is 5.32 Å². The van der Waals surface area contributed by atoms with Gasteiger partial charge in [-0.25, -0.2) is 0 Å². The second-order valence-corrected chi connectivity index (χ2v) is 10.8. The highest BCUT2D eigenvalue weighted by atomic mass is 31.1. The van der Waals surface area contributed by atoms with Gasteiger partial charge in [-0.3, -0.25) is 0 Å². The van der Waals surface area contributed by atoms with Crippen LogP contribution in [0.4, 0.5) is 5.69 Å². The van der Waals surface area contributed by atoms with Gasteiger partial charge >= 0.3 is 0 Å². The molecule has 1 atom stereocenters. The first kappa shape index (κ1) is 20.2. The molecule has 0 saturated heterocycles. The molecule has 0 aromatic heterocycles. The van der Waals surface area contributed by atoms with Crippen molar-refractivity contribution >= 4 is 40.3 Å². The minimum Gasteiger partial charge on any atom is -0.377 e. The smallest absolute Gasteiger partial charge is 0.0523 e. The average molecular weight is 444 g/mol. The summed E-state index contributed by atoms with van der Waals surface area (Å²) in [6.07, 6.45) is 2.20. The van der Waals surface area contributed by atoms with Crippen molar-refractivity contribution in [3.05, 3.63) is 132 Å². The van der Waals surface area contributed by atoms with Crippen LogP contribution in [0.1, 0.15) is 23.6 Å². The first-order valence-corrected chi connectivity index (χ1v) is 13.0. The number of hydrogen-bond acceptors (Lipinski definition) is 1. The van der Waals surface area contributed by atoms with Crippen molar-refractivity contribution in [3.8, 4) is 0 Å². The molecule has 33 heavy (non-hydrogen) atoms. The molecule has 0 aliphatic carbocycles. The fourth-order valence-electron chi connectivity index (χ4n) is 5.06. The van der Waals surface area contributed by atoms with Gasteiger partial charge in [0.2, 0.25) is 0 Å². The molecule has 160 valence electrons. The van der Waals surface area contributed by atoms with E-state index in [9.17, 15) is 0 Å². The maximum Gasteiger partial charge on any atom is 0.0523 e. The SMILES string of the molecule is c1ccc(P(c2ccccc2)c2cccc3c2NC(c2cccc4ccccc24)CC3)cc1. The predicted molar refractivity (Wildman–Crippen MR) is 144 cm³/mol. The van der Waals surface area contributed by atoms with Crippen molar-refractivity contribution in [2.75, 3.05) is 5.32 Å². The highest BCUT2D eigenvalue weighted by Gasteiger charge is 2.26. The zero-order valence-electron chi connectivity index (χ0n) is 18.5. The topological polar surface area (TPSA) is 12.0 Å². The summed E-state index contributed by atoms with van der Waals surface area (Å²) in [4.78, 5) is 0. The Kier molecular flexibility index (Phi) is 5.42. The van der Waals surface area contributed by atoms with Crippen LogP contribution in [-0.4, -0.2) is 0 Å². The van der Waals surface area contributed by atoms with Gasteiger partial charge in [-0.2, -0.15) is 0 Å². The zero-order valence-corrected chi connectivity index (χ0v) is 19.4. The standard InChI is InChI=1S/C31H26NP/c1-3-14-25(15-4-1)33(26-16-5-2-6-17-26)30-20-10-13-24-21-22-29(32-31(24)30)28-19-9-12-23-11-7-8-18-27(23)28/h1-20,29,32H,21-22H2. The molecule has 0 fully saturated rings. The summed E-state index contributed by atoms with van der Waals surface area (Å²) in [6.45, 7) is 0. The first-order chi connectivity index (χ1) is 16.4. The Bertz CT molecular complexity index is 1350. The van der Waals surface area contributed by atoms with Gasteiger partial charge in [0.15, 0.2) is 0 Å². The lowest BCUT2D eigenvalue weighted by molar-refractivity contribution is 0.673. The molecule has 0 bridgehead atoms. The van der Waals surface area contributed by atoms with Gasteiger partial charge in [0, 0.05) is 11.0 Å². The van der Waals surface area contributed by atoms with Gasteiger partial charge in [0.05, 0.1) is 6.04 Å². The number of aryl methyl sites for hydroxylation is 1. The molecule has 0 spiro atoms. The van der Waals surface area contributed by atoms with Crippen molar-refractivity contribution in [3.63, 3.8) is 0 Å². The Hall–Kier alpha value is -3.41. The highest BCUT2D eigenvalue weighted by Crippen LogP contribution is 2.41. The summed E-state index contributed by atoms with van der Waals surface area (Å²) >= 11 is 0. The molecule has 6 rings (SSSR count). The lowest BCUT2D eigenvalue weighted by Gasteiger charge is -2.32. The molecule has 1 N–H and O–H groups in total. The van der Waals surface area contributed by atoms with Crippen LogP contribution in [0.3, 0.4) is 0 Å². The van der Waals surface area contributed by atoms with Crippen LogP contribution in [0.15, 0.2) is 121 Å². The lowest BCUT2D eigenvalue weighted by atomic mass is 9.90. The Morgan fingerprint density at radius 1 is 0.606 bits per heavy atom. The van der Waals surface area contributed by atoms with Gasteiger partial charge in [0.25, 0.3) is 0 Å². The second-order valence-electron chi connectivity index (χ2n) is 8.62. The van der Waals surface area contributed by atoms with Gasteiger partial charge in [-0.15, -0.1) is 0 Å². The molecule has 1 aliphatic heterocycles. The maximum atomic E-state index is 4.01. The van der Waals surface area contributed by atoms with E-state index in [0.29, 0.717) is 6.04 Å². The Labute approximate surface area is 196 Å². The van der Waals surface area contributed by atoms with Crippen LogP contribution >= 0.6 is 7.92 Å². The fraction of sp³-hybridized carbons (Fsp3) is 0.0968. The molecular weight excluding hydrogens is 417 g/mol. The summed E-state index contributed by atoms with van der Waals surface area (Å²) in [5, 5.41) is 10.9. The molecule has 1 unspecified atom stereocenters. The van der Waals surface area contributed by atoms with Crippen LogP contribution in [0.2, 0.25) is 0 Å². The van der Waals surface area contributed by atoms with Gasteiger partial charge in [-0.1, -0.05) is 121 Å². The van der Waals surface area contributed by atoms with Crippen LogP contribution < -0.4 is 21.2 Å². The Morgan fingerprint density at radius 3 is 2.00 bits per heavy atom. The van der Waals surface area contributed by atoms with Crippen LogP contribution in [0.5, 0.6) is 0 Å². The van der Waals surface area contributed by atoms with E-state index in [0.717, 1.165) is 12.8 Å². The van der Waals surface area contributed by atoms with E-state index in [1.807, 2.05) is 0 Å². The number of benzene rings is 5. The molecule has 5 aromatic carbocycles. The first-order valence-electron chi connectivity index (χ1n) is 11.6. The third kappa shape index (κ3) is 3.84. The van der Waals surface area contributed by atoms with E-state index in [-0.39, 0.29) is 0 Å². The second kappa shape index (κ2) is 8.85. The Morgan fingerprint density at radius 2 is 1.24 bits per heavy atom. The number of fused-ring (bicyclic) bond motifs is 2. The summed E-state index contributed by atoms with van der Waals surface area (Å²) in [7, 11) is -0.646. The molecule has 5 aromatic rings. The lowest BCUT2D eigenvalue weighted by Crippen LogP contribution is -2.28. The van der Waals surface area contributed by atoms with E-state index in [2.05, 4.69) is 127 Å². The summed E-state index contributed by atoms with van der Waals surface area (Å²) < 4.78 is 0. The van der Waals surface area contributed by atoms with Gasteiger partial charge in [-0.05, 0) is 53.3 Å². The van der Waals surface area contributed by atoms with Crippen molar-refractivity contribution in [1.82, 2.24) is 0 Å². The van der Waals surface area contributed by atoms with E-state index in [4.69, 9.17) is 0 Å². The number of para-hydroxylation sites is 1. The summed E-state index contributed by atoms with van der Waals surface area (Å²) in [5.41, 5.74) is 4.17. The number of anilines is 1. The number of rotatable bonds is 4. The van der Waals surface area contributed by atoms with E-state index < -0.39 is 7.92 Å². The number of nitrogens with one attached hydrogen (secondary N) is 1. The van der Waals surface area contributed by atoms with Crippen LogP contribution in [0, 0.1) is 0 Å². The minimum atomic E-state index is -0.646.